The SMILES string of the molecule is CCNC(=O)C1CCC(n2cnc3ccc(CN4CCCCC4)cc32)CC1. The number of benzene rings is 1. The summed E-state index contributed by atoms with van der Waals surface area (Å²) in [5.41, 5.74) is 3.73. The molecule has 0 unspecified atom stereocenters. The lowest BCUT2D eigenvalue weighted by Gasteiger charge is -2.29. The normalized spacial score (nSPS) is 24.2. The third kappa shape index (κ3) is 4.18. The fourth-order valence-electron chi connectivity index (χ4n) is 4.77. The number of hydrogen-bond acceptors (Lipinski definition) is 3. The molecule has 5 heteroatoms. The highest BCUT2D eigenvalue weighted by Gasteiger charge is 2.27. The van der Waals surface area contributed by atoms with Crippen molar-refractivity contribution < 1.29 is 4.79 Å². The molecule has 0 atom stereocenters. The van der Waals surface area contributed by atoms with Crippen molar-refractivity contribution in [2.45, 2.75) is 64.5 Å². The van der Waals surface area contributed by atoms with Gasteiger partial charge in [0.2, 0.25) is 5.91 Å². The number of hydrogen-bond donors (Lipinski definition) is 1. The van der Waals surface area contributed by atoms with Crippen LogP contribution in [0, 0.1) is 5.92 Å². The highest BCUT2D eigenvalue weighted by Crippen LogP contribution is 2.34. The summed E-state index contributed by atoms with van der Waals surface area (Å²) in [5, 5.41) is 2.98. The second-order valence-corrected chi connectivity index (χ2v) is 8.21. The number of fused-ring (bicyclic) bond motifs is 1. The Morgan fingerprint density at radius 2 is 1.93 bits per heavy atom. The molecule has 4 rings (SSSR count). The second kappa shape index (κ2) is 8.42. The van der Waals surface area contributed by atoms with Gasteiger partial charge < -0.3 is 9.88 Å². The van der Waals surface area contributed by atoms with Crippen molar-refractivity contribution in [2.24, 2.45) is 5.92 Å². The van der Waals surface area contributed by atoms with Crippen LogP contribution in [0.5, 0.6) is 0 Å². The minimum Gasteiger partial charge on any atom is -0.356 e. The highest BCUT2D eigenvalue weighted by molar-refractivity contribution is 5.79. The molecule has 0 bridgehead atoms. The van der Waals surface area contributed by atoms with Gasteiger partial charge in [-0.05, 0) is 76.2 Å². The summed E-state index contributed by atoms with van der Waals surface area (Å²) in [6, 6.07) is 7.21. The van der Waals surface area contributed by atoms with Gasteiger partial charge in [-0.2, -0.15) is 0 Å². The number of nitrogens with one attached hydrogen (secondary N) is 1. The van der Waals surface area contributed by atoms with Gasteiger partial charge in [-0.1, -0.05) is 12.5 Å². The van der Waals surface area contributed by atoms with Gasteiger partial charge in [0.1, 0.15) is 0 Å². The molecule has 146 valence electrons. The molecular formula is C22H32N4O. The number of piperidine rings is 1. The molecule has 1 aliphatic heterocycles. The Hall–Kier alpha value is -1.88. The van der Waals surface area contributed by atoms with Crippen LogP contribution in [0.1, 0.15) is 63.5 Å². The molecule has 27 heavy (non-hydrogen) atoms. The number of amides is 1. The first-order valence-electron chi connectivity index (χ1n) is 10.7. The number of likely N-dealkylation sites (tertiary alicyclic amines) is 1. The standard InChI is InChI=1S/C22H32N4O/c1-2-23-22(27)18-7-9-19(10-8-18)26-16-24-20-11-6-17(14-21(20)26)15-25-12-4-3-5-13-25/h6,11,14,16,18-19H,2-5,7-10,12-13,15H2,1H3,(H,23,27). The third-order valence-electron chi connectivity index (χ3n) is 6.31. The Kier molecular flexibility index (Phi) is 5.77. The van der Waals surface area contributed by atoms with Crippen molar-refractivity contribution in [1.29, 1.82) is 0 Å². The summed E-state index contributed by atoms with van der Waals surface area (Å²) >= 11 is 0. The molecule has 1 saturated carbocycles. The summed E-state index contributed by atoms with van der Waals surface area (Å²) in [5.74, 6) is 0.418. The molecule has 1 N–H and O–H groups in total. The summed E-state index contributed by atoms with van der Waals surface area (Å²) in [7, 11) is 0. The van der Waals surface area contributed by atoms with Crippen molar-refractivity contribution in [3.63, 3.8) is 0 Å². The Morgan fingerprint density at radius 3 is 2.67 bits per heavy atom. The number of aromatic nitrogens is 2. The average Bonchev–Trinajstić information content (AvgIpc) is 3.12. The topological polar surface area (TPSA) is 50.2 Å². The zero-order chi connectivity index (χ0) is 18.6. The summed E-state index contributed by atoms with van der Waals surface area (Å²) < 4.78 is 2.36. The third-order valence-corrected chi connectivity index (χ3v) is 6.31. The van der Waals surface area contributed by atoms with Gasteiger partial charge in [0.05, 0.1) is 17.4 Å². The maximum absolute atomic E-state index is 12.1. The molecule has 0 radical (unpaired) electrons. The largest absolute Gasteiger partial charge is 0.356 e. The molecule has 5 nitrogen and oxygen atoms in total. The van der Waals surface area contributed by atoms with Crippen molar-refractivity contribution >= 4 is 16.9 Å². The first kappa shape index (κ1) is 18.5. The van der Waals surface area contributed by atoms with Gasteiger partial charge in [-0.25, -0.2) is 4.98 Å². The maximum Gasteiger partial charge on any atom is 0.223 e. The van der Waals surface area contributed by atoms with E-state index in [1.165, 1.54) is 43.4 Å². The van der Waals surface area contributed by atoms with Crippen molar-refractivity contribution in [1.82, 2.24) is 19.8 Å². The van der Waals surface area contributed by atoms with Crippen LogP contribution in [0.3, 0.4) is 0 Å². The van der Waals surface area contributed by atoms with Crippen LogP contribution in [0.15, 0.2) is 24.5 Å². The fourth-order valence-corrected chi connectivity index (χ4v) is 4.77. The van der Waals surface area contributed by atoms with Crippen molar-refractivity contribution in [3.8, 4) is 0 Å². The van der Waals surface area contributed by atoms with E-state index < -0.39 is 0 Å². The smallest absolute Gasteiger partial charge is 0.223 e. The molecule has 1 saturated heterocycles. The lowest BCUT2D eigenvalue weighted by Crippen LogP contribution is -2.33. The number of imidazole rings is 1. The van der Waals surface area contributed by atoms with Gasteiger partial charge in [0.25, 0.3) is 0 Å². The van der Waals surface area contributed by atoms with Crippen LogP contribution < -0.4 is 5.32 Å². The van der Waals surface area contributed by atoms with E-state index >= 15 is 0 Å². The van der Waals surface area contributed by atoms with Crippen LogP contribution in [-0.2, 0) is 11.3 Å². The second-order valence-electron chi connectivity index (χ2n) is 8.21. The molecule has 1 aromatic heterocycles. The predicted molar refractivity (Wildman–Crippen MR) is 109 cm³/mol. The van der Waals surface area contributed by atoms with E-state index in [1.54, 1.807) is 0 Å². The molecule has 2 fully saturated rings. The Labute approximate surface area is 162 Å². The zero-order valence-corrected chi connectivity index (χ0v) is 16.5. The number of nitrogens with zero attached hydrogens (tertiary/aromatic N) is 3. The van der Waals surface area contributed by atoms with Crippen LogP contribution in [0.25, 0.3) is 11.0 Å². The fraction of sp³-hybridized carbons (Fsp3) is 0.636. The van der Waals surface area contributed by atoms with E-state index in [9.17, 15) is 4.79 Å². The van der Waals surface area contributed by atoms with E-state index in [-0.39, 0.29) is 11.8 Å². The number of carbonyl (C=O) groups is 1. The predicted octanol–water partition coefficient (Wildman–Crippen LogP) is 3.89. The number of carbonyl (C=O) groups excluding carboxylic acids is 1. The Morgan fingerprint density at radius 1 is 1.15 bits per heavy atom. The van der Waals surface area contributed by atoms with Crippen molar-refractivity contribution in [3.05, 3.63) is 30.1 Å². The molecule has 1 aromatic carbocycles. The maximum atomic E-state index is 12.1. The highest BCUT2D eigenvalue weighted by atomic mass is 16.1. The summed E-state index contributed by atoms with van der Waals surface area (Å²) in [6.45, 7) is 6.21. The first-order chi connectivity index (χ1) is 13.2. The molecule has 0 spiro atoms. The molecule has 1 aliphatic carbocycles. The van der Waals surface area contributed by atoms with Crippen LogP contribution in [-0.4, -0.2) is 40.0 Å². The first-order valence-corrected chi connectivity index (χ1v) is 10.7. The minimum atomic E-state index is 0.186. The molecule has 2 aromatic rings. The molecular weight excluding hydrogens is 336 g/mol. The Bertz CT molecular complexity index is 770. The number of rotatable bonds is 5. The van der Waals surface area contributed by atoms with Gasteiger partial charge in [-0.3, -0.25) is 9.69 Å². The lowest BCUT2D eigenvalue weighted by atomic mass is 9.85. The Balaban J connectivity index is 1.46. The van der Waals surface area contributed by atoms with E-state index in [0.717, 1.165) is 44.3 Å². The summed E-state index contributed by atoms with van der Waals surface area (Å²) in [6.07, 6.45) is 10.1. The van der Waals surface area contributed by atoms with E-state index in [2.05, 4.69) is 38.0 Å². The van der Waals surface area contributed by atoms with Gasteiger partial charge in [0.15, 0.2) is 0 Å². The van der Waals surface area contributed by atoms with Gasteiger partial charge >= 0.3 is 0 Å². The van der Waals surface area contributed by atoms with Gasteiger partial charge in [-0.15, -0.1) is 0 Å². The van der Waals surface area contributed by atoms with E-state index in [1.807, 2.05) is 13.3 Å². The molecule has 2 heterocycles. The van der Waals surface area contributed by atoms with Crippen molar-refractivity contribution in [2.75, 3.05) is 19.6 Å². The van der Waals surface area contributed by atoms with Crippen LogP contribution >= 0.6 is 0 Å². The monoisotopic (exact) mass is 368 g/mol. The average molecular weight is 369 g/mol. The van der Waals surface area contributed by atoms with Gasteiger partial charge in [0, 0.05) is 25.0 Å². The van der Waals surface area contributed by atoms with Crippen LogP contribution in [0.4, 0.5) is 0 Å². The van der Waals surface area contributed by atoms with Crippen LogP contribution in [0.2, 0.25) is 0 Å². The quantitative estimate of drug-likeness (QED) is 0.871. The van der Waals surface area contributed by atoms with E-state index in [0.29, 0.717) is 6.04 Å². The van der Waals surface area contributed by atoms with E-state index in [4.69, 9.17) is 0 Å². The summed E-state index contributed by atoms with van der Waals surface area (Å²) in [4.78, 5) is 19.3. The molecule has 2 aliphatic rings. The lowest BCUT2D eigenvalue weighted by molar-refractivity contribution is -0.126. The zero-order valence-electron chi connectivity index (χ0n) is 16.5. The minimum absolute atomic E-state index is 0.186. The molecule has 1 amide bonds.